The summed E-state index contributed by atoms with van der Waals surface area (Å²) in [5, 5.41) is 17.3. The largest absolute Gasteiger partial charge is 0.465 e. The number of rotatable bonds is 3. The number of carbonyl (C=O) groups is 2. The monoisotopic (exact) mass is 348 g/mol. The van der Waals surface area contributed by atoms with Crippen LogP contribution in [0.5, 0.6) is 0 Å². The number of hydrogen-bond acceptors (Lipinski definition) is 5. The number of fused-ring (bicyclic) bond motifs is 1. The first-order chi connectivity index (χ1) is 11.9. The van der Waals surface area contributed by atoms with Gasteiger partial charge in [-0.2, -0.15) is 0 Å². The van der Waals surface area contributed by atoms with Crippen molar-refractivity contribution >= 4 is 12.1 Å². The molecule has 1 aliphatic heterocycles. The second-order valence-corrected chi connectivity index (χ2v) is 5.78. The molecule has 2 heterocycles. The fourth-order valence-electron chi connectivity index (χ4n) is 3.01. The van der Waals surface area contributed by atoms with Crippen LogP contribution >= 0.6 is 0 Å². The van der Waals surface area contributed by atoms with E-state index in [1.54, 1.807) is 4.68 Å². The molecule has 0 spiro atoms. The molecule has 25 heavy (non-hydrogen) atoms. The molecule has 1 aromatic carbocycles. The van der Waals surface area contributed by atoms with E-state index < -0.39 is 17.9 Å². The molecule has 9 heteroatoms. The van der Waals surface area contributed by atoms with Crippen LogP contribution in [0.1, 0.15) is 40.3 Å². The quantitative estimate of drug-likeness (QED) is 0.850. The van der Waals surface area contributed by atoms with Crippen LogP contribution < -0.4 is 0 Å². The van der Waals surface area contributed by atoms with Crippen LogP contribution in [0.3, 0.4) is 0 Å². The van der Waals surface area contributed by atoms with Crippen molar-refractivity contribution in [3.8, 4) is 0 Å². The summed E-state index contributed by atoms with van der Waals surface area (Å²) in [5.41, 5.74) is 2.08. The average Bonchev–Trinajstić information content (AvgIpc) is 3.03. The van der Waals surface area contributed by atoms with Gasteiger partial charge in [0.25, 0.3) is 0 Å². The van der Waals surface area contributed by atoms with Gasteiger partial charge in [0.1, 0.15) is 11.5 Å². The number of ether oxygens (including phenoxy) is 1. The van der Waals surface area contributed by atoms with E-state index in [1.165, 1.54) is 24.1 Å². The molecule has 1 aliphatic rings. The smallest absolute Gasteiger partial charge is 0.407 e. The number of carboxylic acid groups (broad SMARTS) is 1. The molecule has 0 radical (unpaired) electrons. The van der Waals surface area contributed by atoms with Gasteiger partial charge in [0.2, 0.25) is 0 Å². The number of hydrogen-bond donors (Lipinski definition) is 1. The summed E-state index contributed by atoms with van der Waals surface area (Å²) >= 11 is 0. The first-order valence-corrected chi connectivity index (χ1v) is 7.71. The summed E-state index contributed by atoms with van der Waals surface area (Å²) in [7, 11) is 1.24. The van der Waals surface area contributed by atoms with Gasteiger partial charge in [0.05, 0.1) is 31.0 Å². The molecule has 1 unspecified atom stereocenters. The lowest BCUT2D eigenvalue weighted by Crippen LogP contribution is -2.35. The summed E-state index contributed by atoms with van der Waals surface area (Å²) in [6.07, 6.45) is -0.534. The van der Waals surface area contributed by atoms with Gasteiger partial charge in [-0.1, -0.05) is 11.3 Å². The third kappa shape index (κ3) is 3.04. The van der Waals surface area contributed by atoms with E-state index in [1.807, 2.05) is 6.92 Å². The average molecular weight is 348 g/mol. The normalized spacial score (nSPS) is 14.8. The van der Waals surface area contributed by atoms with Crippen LogP contribution in [0.4, 0.5) is 9.18 Å². The molecule has 2 aromatic rings. The number of amides is 1. The second-order valence-electron chi connectivity index (χ2n) is 5.78. The van der Waals surface area contributed by atoms with Gasteiger partial charge in [-0.25, -0.2) is 18.7 Å². The van der Waals surface area contributed by atoms with E-state index >= 15 is 0 Å². The Morgan fingerprint density at radius 1 is 1.40 bits per heavy atom. The summed E-state index contributed by atoms with van der Waals surface area (Å²) in [6.45, 7) is 2.33. The van der Waals surface area contributed by atoms with Gasteiger partial charge in [-0.15, -0.1) is 5.10 Å². The maximum atomic E-state index is 13.5. The number of methoxy groups -OCH3 is 1. The Morgan fingerprint density at radius 2 is 2.16 bits per heavy atom. The molecule has 1 amide bonds. The molecule has 0 bridgehead atoms. The van der Waals surface area contributed by atoms with E-state index in [0.717, 1.165) is 11.8 Å². The predicted molar refractivity (Wildman–Crippen MR) is 83.7 cm³/mol. The second kappa shape index (κ2) is 6.50. The molecule has 0 saturated carbocycles. The lowest BCUT2D eigenvalue weighted by atomic mass is 10.0. The van der Waals surface area contributed by atoms with Crippen molar-refractivity contribution in [3.63, 3.8) is 0 Å². The van der Waals surface area contributed by atoms with Gasteiger partial charge in [0, 0.05) is 13.0 Å². The zero-order valence-electron chi connectivity index (χ0n) is 13.8. The van der Waals surface area contributed by atoms with Gasteiger partial charge in [0.15, 0.2) is 0 Å². The zero-order chi connectivity index (χ0) is 18.1. The van der Waals surface area contributed by atoms with E-state index in [9.17, 15) is 14.0 Å². The molecule has 8 nitrogen and oxygen atoms in total. The van der Waals surface area contributed by atoms with Crippen LogP contribution in [-0.4, -0.2) is 50.7 Å². The minimum Gasteiger partial charge on any atom is -0.465 e. The molecular weight excluding hydrogens is 331 g/mol. The van der Waals surface area contributed by atoms with Gasteiger partial charge in [-0.3, -0.25) is 0 Å². The molecular formula is C16H17FN4O4. The van der Waals surface area contributed by atoms with Crippen LogP contribution in [0.25, 0.3) is 0 Å². The third-order valence-electron chi connectivity index (χ3n) is 4.34. The number of carbonyl (C=O) groups excluding carboxylic acids is 1. The lowest BCUT2D eigenvalue weighted by Gasteiger charge is -2.25. The molecule has 132 valence electrons. The summed E-state index contributed by atoms with van der Waals surface area (Å²) in [6, 6.07) is 3.54. The predicted octanol–water partition coefficient (Wildman–Crippen LogP) is 1.85. The van der Waals surface area contributed by atoms with E-state index in [4.69, 9.17) is 9.84 Å². The summed E-state index contributed by atoms with van der Waals surface area (Å²) in [4.78, 5) is 24.3. The van der Waals surface area contributed by atoms with E-state index in [0.29, 0.717) is 24.2 Å². The third-order valence-corrected chi connectivity index (χ3v) is 4.34. The first-order valence-electron chi connectivity index (χ1n) is 7.71. The molecule has 0 aliphatic carbocycles. The van der Waals surface area contributed by atoms with Crippen molar-refractivity contribution in [1.29, 1.82) is 0 Å². The molecule has 0 fully saturated rings. The number of aromatic nitrogens is 3. The highest BCUT2D eigenvalue weighted by molar-refractivity contribution is 5.91. The zero-order valence-corrected chi connectivity index (χ0v) is 13.8. The Labute approximate surface area is 142 Å². The first kappa shape index (κ1) is 16.9. The molecule has 3 rings (SSSR count). The van der Waals surface area contributed by atoms with Crippen molar-refractivity contribution in [2.24, 2.45) is 0 Å². The minimum absolute atomic E-state index is 0.127. The summed E-state index contributed by atoms with van der Waals surface area (Å²) in [5.74, 6) is -1.17. The van der Waals surface area contributed by atoms with Crippen molar-refractivity contribution in [2.45, 2.75) is 25.9 Å². The standard InChI is InChI=1S/C16H17FN4O4/c1-9(11-4-3-10(17)7-12(11)15(22)25-2)21-14-5-6-20(16(23)24)8-13(14)18-19-21/h3-4,7,9H,5-6,8H2,1-2H3,(H,23,24). The number of esters is 1. The molecule has 0 saturated heterocycles. The Morgan fingerprint density at radius 3 is 2.84 bits per heavy atom. The fourth-order valence-corrected chi connectivity index (χ4v) is 3.01. The van der Waals surface area contributed by atoms with Crippen molar-refractivity contribution in [3.05, 3.63) is 46.5 Å². The maximum absolute atomic E-state index is 13.5. The van der Waals surface area contributed by atoms with Gasteiger partial charge < -0.3 is 14.7 Å². The Bertz CT molecular complexity index is 836. The molecule has 1 atom stereocenters. The van der Waals surface area contributed by atoms with E-state index in [2.05, 4.69) is 10.3 Å². The Balaban J connectivity index is 1.97. The summed E-state index contributed by atoms with van der Waals surface area (Å²) < 4.78 is 19.9. The molecule has 1 N–H and O–H groups in total. The highest BCUT2D eigenvalue weighted by atomic mass is 19.1. The maximum Gasteiger partial charge on any atom is 0.407 e. The van der Waals surface area contributed by atoms with Crippen molar-refractivity contribution < 1.29 is 23.8 Å². The molecule has 1 aromatic heterocycles. The number of halogens is 1. The van der Waals surface area contributed by atoms with Crippen LogP contribution in [0.15, 0.2) is 18.2 Å². The lowest BCUT2D eigenvalue weighted by molar-refractivity contribution is 0.0598. The van der Waals surface area contributed by atoms with Crippen molar-refractivity contribution in [2.75, 3.05) is 13.7 Å². The fraction of sp³-hybridized carbons (Fsp3) is 0.375. The number of benzene rings is 1. The van der Waals surface area contributed by atoms with Crippen LogP contribution in [0.2, 0.25) is 0 Å². The topological polar surface area (TPSA) is 97.6 Å². The highest BCUT2D eigenvalue weighted by Crippen LogP contribution is 2.27. The SMILES string of the molecule is COC(=O)c1cc(F)ccc1C(C)n1nnc2c1CCN(C(=O)O)C2. The minimum atomic E-state index is -1.00. The van der Waals surface area contributed by atoms with Crippen molar-refractivity contribution in [1.82, 2.24) is 19.9 Å². The highest BCUT2D eigenvalue weighted by Gasteiger charge is 2.28. The number of nitrogens with zero attached hydrogens (tertiary/aromatic N) is 4. The van der Waals surface area contributed by atoms with Gasteiger partial charge in [-0.05, 0) is 24.6 Å². The van der Waals surface area contributed by atoms with Crippen LogP contribution in [-0.2, 0) is 17.7 Å². The Hall–Kier alpha value is -2.97. The Kier molecular flexibility index (Phi) is 4.39. The van der Waals surface area contributed by atoms with E-state index in [-0.39, 0.29) is 18.2 Å². The van der Waals surface area contributed by atoms with Crippen LogP contribution in [0, 0.1) is 5.82 Å². The van der Waals surface area contributed by atoms with Gasteiger partial charge >= 0.3 is 12.1 Å².